The molecule has 3 amide bonds. The fourth-order valence-corrected chi connectivity index (χ4v) is 5.91. The number of imidazole rings is 1. The summed E-state index contributed by atoms with van der Waals surface area (Å²) in [5.74, 6) is -1.41. The normalized spacial score (nSPS) is 20.7. The van der Waals surface area contributed by atoms with Crippen molar-refractivity contribution >= 4 is 35.0 Å². The van der Waals surface area contributed by atoms with Crippen molar-refractivity contribution in [2.75, 3.05) is 44.6 Å². The predicted octanol–water partition coefficient (Wildman–Crippen LogP) is 2.53. The van der Waals surface area contributed by atoms with Gasteiger partial charge in [-0.1, -0.05) is 11.6 Å². The van der Waals surface area contributed by atoms with Gasteiger partial charge in [-0.05, 0) is 44.0 Å². The number of hydrogen-bond donors (Lipinski definition) is 5. The summed E-state index contributed by atoms with van der Waals surface area (Å²) in [6.45, 7) is 1.88. The first kappa shape index (κ1) is 30.1. The van der Waals surface area contributed by atoms with E-state index in [1.807, 2.05) is 0 Å². The van der Waals surface area contributed by atoms with Gasteiger partial charge in [0.15, 0.2) is 17.1 Å². The number of anilines is 1. The fraction of sp³-hybridized carbons (Fsp3) is 0.464. The SMILES string of the molecule is O=C(Nc1ccc(C(=O)N2CCN(C(=O)[C@]3(O)CCNC3)CC2)c(Cl)c1)c1ncc(Cc2c(C(F)(F)F)n[nH]c2C2CC2)[nH]1. The van der Waals surface area contributed by atoms with Crippen molar-refractivity contribution in [3.8, 4) is 0 Å². The molecule has 5 N–H and O–H groups in total. The van der Waals surface area contributed by atoms with Gasteiger partial charge in [-0.25, -0.2) is 4.98 Å². The van der Waals surface area contributed by atoms with Crippen LogP contribution in [-0.2, 0) is 17.4 Å². The van der Waals surface area contributed by atoms with Crippen molar-refractivity contribution < 1.29 is 32.7 Å². The number of aliphatic hydroxyl groups is 1. The van der Waals surface area contributed by atoms with Crippen molar-refractivity contribution in [2.45, 2.75) is 43.4 Å². The van der Waals surface area contributed by atoms with Crippen LogP contribution in [0.2, 0.25) is 5.02 Å². The highest BCUT2D eigenvalue weighted by atomic mass is 35.5. The molecule has 6 rings (SSSR count). The smallest absolute Gasteiger partial charge is 0.379 e. The van der Waals surface area contributed by atoms with E-state index in [1.54, 1.807) is 9.80 Å². The molecule has 12 nitrogen and oxygen atoms in total. The molecule has 0 unspecified atom stereocenters. The minimum absolute atomic E-state index is 0.0147. The number of halogens is 4. The lowest BCUT2D eigenvalue weighted by atomic mass is 10.0. The maximum atomic E-state index is 13.5. The second-order valence-corrected chi connectivity index (χ2v) is 11.8. The van der Waals surface area contributed by atoms with E-state index in [0.717, 1.165) is 12.8 Å². The van der Waals surface area contributed by atoms with E-state index in [1.165, 1.54) is 24.4 Å². The Labute approximate surface area is 254 Å². The maximum Gasteiger partial charge on any atom is 0.435 e. The van der Waals surface area contributed by atoms with Crippen LogP contribution in [-0.4, -0.2) is 97.7 Å². The summed E-state index contributed by atoms with van der Waals surface area (Å²) in [5.41, 5.74) is -1.07. The molecule has 4 heterocycles. The number of H-pyrrole nitrogens is 2. The van der Waals surface area contributed by atoms with Gasteiger partial charge in [0.25, 0.3) is 17.7 Å². The van der Waals surface area contributed by atoms with Crippen molar-refractivity contribution in [1.29, 1.82) is 0 Å². The molecule has 0 bridgehead atoms. The van der Waals surface area contributed by atoms with Gasteiger partial charge in [-0.3, -0.25) is 19.5 Å². The molecule has 1 aromatic carbocycles. The third kappa shape index (κ3) is 6.03. The van der Waals surface area contributed by atoms with Gasteiger partial charge < -0.3 is 30.5 Å². The highest BCUT2D eigenvalue weighted by Gasteiger charge is 2.43. The Hall–Kier alpha value is -3.95. The summed E-state index contributed by atoms with van der Waals surface area (Å²) in [6, 6.07) is 4.41. The quantitative estimate of drug-likeness (QED) is 0.267. The summed E-state index contributed by atoms with van der Waals surface area (Å²) in [5, 5.41) is 22.3. The second-order valence-electron chi connectivity index (χ2n) is 11.4. The lowest BCUT2D eigenvalue weighted by molar-refractivity contribution is -0.150. The number of β-amino-alcohol motifs (C(OH)–C–C–N with tert-alkyl or cyclic N) is 1. The average molecular weight is 635 g/mol. The van der Waals surface area contributed by atoms with Crippen LogP contribution in [0.4, 0.5) is 18.9 Å². The van der Waals surface area contributed by atoms with Crippen LogP contribution in [0.5, 0.6) is 0 Å². The van der Waals surface area contributed by atoms with Crippen LogP contribution >= 0.6 is 11.6 Å². The highest BCUT2D eigenvalue weighted by Crippen LogP contribution is 2.44. The number of nitrogens with one attached hydrogen (secondary N) is 4. The van der Waals surface area contributed by atoms with E-state index in [2.05, 4.69) is 30.8 Å². The Morgan fingerprint density at radius 2 is 1.86 bits per heavy atom. The molecule has 2 saturated heterocycles. The van der Waals surface area contributed by atoms with Gasteiger partial charge in [0.05, 0.1) is 10.6 Å². The van der Waals surface area contributed by atoms with Gasteiger partial charge in [-0.15, -0.1) is 0 Å². The number of amides is 3. The average Bonchev–Trinajstić information content (AvgIpc) is 3.34. The molecule has 1 saturated carbocycles. The van der Waals surface area contributed by atoms with Crippen LogP contribution in [0.15, 0.2) is 24.4 Å². The minimum Gasteiger partial charge on any atom is -0.379 e. The number of aromatic nitrogens is 4. The largest absolute Gasteiger partial charge is 0.435 e. The first-order valence-corrected chi connectivity index (χ1v) is 14.6. The molecular weight excluding hydrogens is 605 g/mol. The number of rotatable bonds is 7. The third-order valence-corrected chi connectivity index (χ3v) is 8.52. The number of piperazine rings is 1. The van der Waals surface area contributed by atoms with E-state index in [0.29, 0.717) is 24.4 Å². The van der Waals surface area contributed by atoms with E-state index < -0.39 is 23.4 Å². The van der Waals surface area contributed by atoms with E-state index >= 15 is 0 Å². The molecule has 2 aromatic heterocycles. The van der Waals surface area contributed by atoms with Crippen LogP contribution in [0, 0.1) is 0 Å². The molecule has 1 atom stereocenters. The maximum absolute atomic E-state index is 13.5. The molecule has 3 aliphatic rings. The summed E-state index contributed by atoms with van der Waals surface area (Å²) in [4.78, 5) is 48.7. The van der Waals surface area contributed by atoms with Crippen molar-refractivity contribution in [3.63, 3.8) is 0 Å². The van der Waals surface area contributed by atoms with E-state index in [9.17, 15) is 32.7 Å². The predicted molar refractivity (Wildman–Crippen MR) is 151 cm³/mol. The lowest BCUT2D eigenvalue weighted by Gasteiger charge is -2.37. The number of carbonyl (C=O) groups excluding carboxylic acids is 3. The lowest BCUT2D eigenvalue weighted by Crippen LogP contribution is -2.57. The summed E-state index contributed by atoms with van der Waals surface area (Å²) < 4.78 is 40.6. The second kappa shape index (κ2) is 11.5. The molecule has 1 aliphatic carbocycles. The van der Waals surface area contributed by atoms with E-state index in [-0.39, 0.29) is 84.5 Å². The monoisotopic (exact) mass is 634 g/mol. The molecular formula is C28H30ClF3N8O4. The van der Waals surface area contributed by atoms with Crippen LogP contribution < -0.4 is 10.6 Å². The Bertz CT molecular complexity index is 1590. The molecule has 0 radical (unpaired) electrons. The molecule has 0 spiro atoms. The van der Waals surface area contributed by atoms with Gasteiger partial charge in [0.1, 0.15) is 0 Å². The van der Waals surface area contributed by atoms with Crippen LogP contribution in [0.3, 0.4) is 0 Å². The Morgan fingerprint density at radius 3 is 2.50 bits per heavy atom. The topological polar surface area (TPSA) is 159 Å². The summed E-state index contributed by atoms with van der Waals surface area (Å²) in [7, 11) is 0. The number of alkyl halides is 3. The van der Waals surface area contributed by atoms with Gasteiger partial charge in [0.2, 0.25) is 0 Å². The first-order chi connectivity index (χ1) is 20.9. The third-order valence-electron chi connectivity index (χ3n) is 8.21. The zero-order valence-electron chi connectivity index (χ0n) is 23.4. The van der Waals surface area contributed by atoms with Crippen LogP contribution in [0.25, 0.3) is 0 Å². The number of hydrogen-bond acceptors (Lipinski definition) is 7. The molecule has 234 valence electrons. The molecule has 3 fully saturated rings. The number of aromatic amines is 2. The van der Waals surface area contributed by atoms with Crippen LogP contribution in [0.1, 0.15) is 68.8 Å². The molecule has 16 heteroatoms. The van der Waals surface area contributed by atoms with E-state index in [4.69, 9.17) is 11.6 Å². The zero-order valence-corrected chi connectivity index (χ0v) is 24.2. The van der Waals surface area contributed by atoms with Crippen molar-refractivity contribution in [2.24, 2.45) is 0 Å². The fourth-order valence-electron chi connectivity index (χ4n) is 5.65. The number of carbonyl (C=O) groups is 3. The first-order valence-electron chi connectivity index (χ1n) is 14.2. The van der Waals surface area contributed by atoms with Crippen molar-refractivity contribution in [3.05, 3.63) is 63.5 Å². The molecule has 3 aromatic rings. The number of benzene rings is 1. The number of nitrogens with zero attached hydrogens (tertiary/aromatic N) is 4. The van der Waals surface area contributed by atoms with Gasteiger partial charge in [0, 0.05) is 73.9 Å². The Kier molecular flexibility index (Phi) is 7.88. The Morgan fingerprint density at radius 1 is 1.14 bits per heavy atom. The molecule has 2 aliphatic heterocycles. The summed E-state index contributed by atoms with van der Waals surface area (Å²) in [6.07, 6.45) is -1.50. The van der Waals surface area contributed by atoms with Gasteiger partial charge >= 0.3 is 6.18 Å². The zero-order chi connectivity index (χ0) is 31.2. The Balaban J connectivity index is 1.07. The van der Waals surface area contributed by atoms with Gasteiger partial charge in [-0.2, -0.15) is 18.3 Å². The van der Waals surface area contributed by atoms with Crippen molar-refractivity contribution in [1.82, 2.24) is 35.3 Å². The molecule has 44 heavy (non-hydrogen) atoms. The standard InChI is InChI=1S/C28H30ClF3N8O4/c29-20-12-16(3-4-18(20)25(42)39-7-9-40(10-8-39)26(43)27(44)5-6-33-14-27)36-24(41)23-34-13-17(35-23)11-19-21(15-1-2-15)37-38-22(19)28(30,31)32/h3-4,12-13,15,33,44H,1-2,5-11,14H2,(H,34,35)(H,36,41)(H,37,38)/t27-/m0/s1. The minimum atomic E-state index is -4.62. The highest BCUT2D eigenvalue weighted by molar-refractivity contribution is 6.34. The summed E-state index contributed by atoms with van der Waals surface area (Å²) >= 11 is 6.41.